The quantitative estimate of drug-likeness (QED) is 0.314. The van der Waals surface area contributed by atoms with Gasteiger partial charge >= 0.3 is 6.36 Å². The molecule has 0 radical (unpaired) electrons. The number of rotatable bonds is 6. The summed E-state index contributed by atoms with van der Waals surface area (Å²) in [5.41, 5.74) is 4.90. The summed E-state index contributed by atoms with van der Waals surface area (Å²) in [6.07, 6.45) is 2.49. The van der Waals surface area contributed by atoms with Crippen molar-refractivity contribution in [2.24, 2.45) is 0 Å². The van der Waals surface area contributed by atoms with Crippen molar-refractivity contribution in [2.75, 3.05) is 13.1 Å². The van der Waals surface area contributed by atoms with Crippen molar-refractivity contribution in [3.8, 4) is 28.3 Å². The fourth-order valence-electron chi connectivity index (χ4n) is 4.98. The molecule has 194 valence electrons. The van der Waals surface area contributed by atoms with E-state index in [1.54, 1.807) is 30.6 Å². The molecule has 0 bridgehead atoms. The van der Waals surface area contributed by atoms with Crippen LogP contribution in [0.4, 0.5) is 13.2 Å². The molecule has 1 saturated heterocycles. The van der Waals surface area contributed by atoms with Gasteiger partial charge in [-0.15, -0.1) is 18.3 Å². The fraction of sp³-hybridized carbons (Fsp3) is 0.259. The monoisotopic (exact) mass is 519 g/mol. The Morgan fingerprint density at radius 1 is 1.03 bits per heavy atom. The van der Waals surface area contributed by atoms with E-state index in [-0.39, 0.29) is 11.8 Å². The van der Waals surface area contributed by atoms with Crippen molar-refractivity contribution in [1.29, 1.82) is 0 Å². The molecule has 11 heteroatoms. The highest BCUT2D eigenvalue weighted by atomic mass is 19.4. The SMILES string of the molecule is FC(F)(F)Oc1ccccc1CN1CCC[C@@H](n2cc(-c3ccc4[nH]nc(-c5ccncc5)c4c3)nn2)C1. The molecule has 5 aromatic rings. The Hall–Kier alpha value is -4.25. The third-order valence-electron chi connectivity index (χ3n) is 6.77. The third kappa shape index (κ3) is 5.10. The summed E-state index contributed by atoms with van der Waals surface area (Å²) in [4.78, 5) is 6.21. The maximum Gasteiger partial charge on any atom is 0.573 e. The molecule has 6 rings (SSSR count). The number of fused-ring (bicyclic) bond motifs is 1. The summed E-state index contributed by atoms with van der Waals surface area (Å²) >= 11 is 0. The summed E-state index contributed by atoms with van der Waals surface area (Å²) in [6.45, 7) is 1.79. The van der Waals surface area contributed by atoms with Crippen molar-refractivity contribution in [3.63, 3.8) is 0 Å². The Morgan fingerprint density at radius 2 is 1.87 bits per heavy atom. The highest BCUT2D eigenvalue weighted by Gasteiger charge is 2.32. The van der Waals surface area contributed by atoms with Crippen LogP contribution < -0.4 is 4.74 Å². The molecule has 38 heavy (non-hydrogen) atoms. The smallest absolute Gasteiger partial charge is 0.405 e. The first-order valence-corrected chi connectivity index (χ1v) is 12.3. The lowest BCUT2D eigenvalue weighted by Gasteiger charge is -2.32. The Labute approximate surface area is 216 Å². The Morgan fingerprint density at radius 3 is 2.71 bits per heavy atom. The number of para-hydroxylation sites is 1. The molecule has 1 atom stereocenters. The van der Waals surface area contributed by atoms with E-state index in [1.807, 2.05) is 41.2 Å². The molecule has 1 aliphatic rings. The van der Waals surface area contributed by atoms with Crippen LogP contribution in [0, 0.1) is 0 Å². The van der Waals surface area contributed by atoms with Crippen LogP contribution in [-0.2, 0) is 6.54 Å². The molecule has 0 unspecified atom stereocenters. The van der Waals surface area contributed by atoms with E-state index in [4.69, 9.17) is 0 Å². The minimum Gasteiger partial charge on any atom is -0.405 e. The summed E-state index contributed by atoms with van der Waals surface area (Å²) in [6, 6.07) is 16.2. The van der Waals surface area contributed by atoms with E-state index in [2.05, 4.69) is 35.1 Å². The van der Waals surface area contributed by atoms with Crippen molar-refractivity contribution in [1.82, 2.24) is 35.1 Å². The van der Waals surface area contributed by atoms with E-state index >= 15 is 0 Å². The molecule has 0 aliphatic carbocycles. The van der Waals surface area contributed by atoms with Gasteiger partial charge in [-0.1, -0.05) is 29.5 Å². The number of pyridine rings is 1. The number of nitrogens with one attached hydrogen (secondary N) is 1. The molecule has 0 saturated carbocycles. The number of halogens is 3. The van der Waals surface area contributed by atoms with Crippen LogP contribution in [0.25, 0.3) is 33.4 Å². The maximum atomic E-state index is 12.8. The molecule has 8 nitrogen and oxygen atoms in total. The van der Waals surface area contributed by atoms with Crippen molar-refractivity contribution < 1.29 is 17.9 Å². The van der Waals surface area contributed by atoms with Crippen LogP contribution in [0.15, 0.2) is 73.2 Å². The lowest BCUT2D eigenvalue weighted by atomic mass is 10.0. The van der Waals surface area contributed by atoms with Gasteiger partial charge in [-0.3, -0.25) is 15.0 Å². The van der Waals surface area contributed by atoms with Crippen LogP contribution in [0.1, 0.15) is 24.4 Å². The number of hydrogen-bond donors (Lipinski definition) is 1. The number of piperidine rings is 1. The normalized spacial score (nSPS) is 16.7. The largest absolute Gasteiger partial charge is 0.573 e. The van der Waals surface area contributed by atoms with Gasteiger partial charge in [0.05, 0.1) is 17.8 Å². The second-order valence-electron chi connectivity index (χ2n) is 9.34. The molecule has 4 heterocycles. The highest BCUT2D eigenvalue weighted by Crippen LogP contribution is 2.32. The molecule has 0 spiro atoms. The van der Waals surface area contributed by atoms with Crippen LogP contribution in [0.5, 0.6) is 5.75 Å². The molecule has 1 aliphatic heterocycles. The Kier molecular flexibility index (Phi) is 6.28. The van der Waals surface area contributed by atoms with Crippen LogP contribution in [0.3, 0.4) is 0 Å². The zero-order valence-corrected chi connectivity index (χ0v) is 20.3. The number of aromatic amines is 1. The number of nitrogens with zero attached hydrogens (tertiary/aromatic N) is 6. The van der Waals surface area contributed by atoms with Gasteiger partial charge in [0.2, 0.25) is 0 Å². The van der Waals surface area contributed by atoms with Gasteiger partial charge in [0, 0.05) is 47.6 Å². The number of ether oxygens (including phenoxy) is 1. The van der Waals surface area contributed by atoms with Crippen molar-refractivity contribution >= 4 is 10.9 Å². The molecule has 0 amide bonds. The van der Waals surface area contributed by atoms with E-state index in [1.165, 1.54) is 6.07 Å². The van der Waals surface area contributed by atoms with E-state index in [9.17, 15) is 13.2 Å². The predicted molar refractivity (Wildman–Crippen MR) is 135 cm³/mol. The van der Waals surface area contributed by atoms with Gasteiger partial charge in [-0.05, 0) is 49.7 Å². The fourth-order valence-corrected chi connectivity index (χ4v) is 4.98. The predicted octanol–water partition coefficient (Wildman–Crippen LogP) is 5.62. The van der Waals surface area contributed by atoms with E-state index < -0.39 is 6.36 Å². The second kappa shape index (κ2) is 9.90. The van der Waals surface area contributed by atoms with E-state index in [0.717, 1.165) is 52.8 Å². The standard InChI is InChI=1S/C27H24F3N7O/c28-27(29,30)38-25-6-2-1-4-20(25)15-36-13-3-5-21(16-36)37-17-24(33-35-37)19-7-8-23-22(14-19)26(34-32-23)18-9-11-31-12-10-18/h1-2,4,6-12,14,17,21H,3,5,13,15-16H2,(H,32,34)/t21-/m1/s1. The first-order valence-electron chi connectivity index (χ1n) is 12.3. The number of aromatic nitrogens is 6. The average Bonchev–Trinajstić information content (AvgIpc) is 3.57. The summed E-state index contributed by atoms with van der Waals surface area (Å²) < 4.78 is 44.6. The zero-order chi connectivity index (χ0) is 26.1. The first kappa shape index (κ1) is 24.1. The Balaban J connectivity index is 1.20. The zero-order valence-electron chi connectivity index (χ0n) is 20.3. The Bertz CT molecular complexity index is 1550. The number of H-pyrrole nitrogens is 1. The van der Waals surface area contributed by atoms with E-state index in [0.29, 0.717) is 18.7 Å². The summed E-state index contributed by atoms with van der Waals surface area (Å²) in [5, 5.41) is 17.4. The van der Waals surface area contributed by atoms with Crippen molar-refractivity contribution in [2.45, 2.75) is 31.8 Å². The van der Waals surface area contributed by atoms with Crippen molar-refractivity contribution in [3.05, 3.63) is 78.8 Å². The van der Waals surface area contributed by atoms with Crippen LogP contribution >= 0.6 is 0 Å². The average molecular weight is 520 g/mol. The van der Waals surface area contributed by atoms with Crippen LogP contribution in [-0.4, -0.2) is 54.5 Å². The second-order valence-corrected chi connectivity index (χ2v) is 9.34. The van der Waals surface area contributed by atoms with Crippen LogP contribution in [0.2, 0.25) is 0 Å². The molecule has 1 fully saturated rings. The molecule has 1 N–H and O–H groups in total. The molecule has 2 aromatic carbocycles. The van der Waals surface area contributed by atoms with Gasteiger partial charge in [0.15, 0.2) is 0 Å². The number of benzene rings is 2. The first-order chi connectivity index (χ1) is 18.4. The number of alkyl halides is 3. The lowest BCUT2D eigenvalue weighted by Crippen LogP contribution is -2.36. The molecular weight excluding hydrogens is 495 g/mol. The topological polar surface area (TPSA) is 84.8 Å². The summed E-state index contributed by atoms with van der Waals surface area (Å²) in [7, 11) is 0. The summed E-state index contributed by atoms with van der Waals surface area (Å²) in [5.74, 6) is -0.161. The van der Waals surface area contributed by atoms with Gasteiger partial charge in [0.1, 0.15) is 17.1 Å². The lowest BCUT2D eigenvalue weighted by molar-refractivity contribution is -0.275. The highest BCUT2D eigenvalue weighted by molar-refractivity contribution is 5.95. The number of hydrogen-bond acceptors (Lipinski definition) is 6. The minimum absolute atomic E-state index is 0.0609. The van der Waals surface area contributed by atoms with Gasteiger partial charge in [-0.2, -0.15) is 5.10 Å². The van der Waals surface area contributed by atoms with Gasteiger partial charge in [-0.25, -0.2) is 4.68 Å². The third-order valence-corrected chi connectivity index (χ3v) is 6.77. The minimum atomic E-state index is -4.73. The number of likely N-dealkylation sites (tertiary alicyclic amines) is 1. The molecular formula is C27H24F3N7O. The van der Waals surface area contributed by atoms with Gasteiger partial charge < -0.3 is 4.74 Å². The maximum absolute atomic E-state index is 12.8. The van der Waals surface area contributed by atoms with Gasteiger partial charge in [0.25, 0.3) is 0 Å². The molecule has 3 aromatic heterocycles.